The van der Waals surface area contributed by atoms with Crippen molar-refractivity contribution < 1.29 is 5.11 Å². The van der Waals surface area contributed by atoms with Gasteiger partial charge in [-0.05, 0) is 44.4 Å². The maximum Gasteiger partial charge on any atom is 0.0676 e. The third-order valence-electron chi connectivity index (χ3n) is 3.12. The molecule has 2 aliphatic rings. The second-order valence-electron chi connectivity index (χ2n) is 4.05. The van der Waals surface area contributed by atoms with Crippen LogP contribution in [0.25, 0.3) is 0 Å². The monoisotopic (exact) mass is 174 g/mol. The van der Waals surface area contributed by atoms with Crippen molar-refractivity contribution in [2.24, 2.45) is 5.92 Å². The van der Waals surface area contributed by atoms with Crippen LogP contribution >= 0.6 is 11.6 Å². The molecule has 0 aromatic rings. The average Bonchev–Trinajstić information content (AvgIpc) is 2.77. The average molecular weight is 175 g/mol. The van der Waals surface area contributed by atoms with Gasteiger partial charge in [0.2, 0.25) is 0 Å². The molecule has 0 bridgehead atoms. The van der Waals surface area contributed by atoms with E-state index >= 15 is 0 Å². The quantitative estimate of drug-likeness (QED) is 0.605. The highest BCUT2D eigenvalue weighted by Crippen LogP contribution is 2.47. The van der Waals surface area contributed by atoms with Crippen molar-refractivity contribution in [3.63, 3.8) is 0 Å². The second-order valence-corrected chi connectivity index (χ2v) is 4.67. The van der Waals surface area contributed by atoms with Crippen LogP contribution in [0.15, 0.2) is 0 Å². The van der Waals surface area contributed by atoms with Gasteiger partial charge in [-0.3, -0.25) is 0 Å². The van der Waals surface area contributed by atoms with Gasteiger partial charge in [-0.25, -0.2) is 0 Å². The smallest absolute Gasteiger partial charge is 0.0676 e. The van der Waals surface area contributed by atoms with Crippen LogP contribution in [0, 0.1) is 5.92 Å². The fraction of sp³-hybridized carbons (Fsp3) is 1.00. The van der Waals surface area contributed by atoms with Crippen LogP contribution in [-0.2, 0) is 0 Å². The van der Waals surface area contributed by atoms with Crippen LogP contribution in [-0.4, -0.2) is 16.1 Å². The van der Waals surface area contributed by atoms with Crippen molar-refractivity contribution in [2.45, 2.75) is 49.5 Å². The van der Waals surface area contributed by atoms with Gasteiger partial charge in [0.05, 0.1) is 5.60 Å². The first kappa shape index (κ1) is 7.88. The van der Waals surface area contributed by atoms with Crippen LogP contribution in [0.3, 0.4) is 0 Å². The molecule has 64 valence electrons. The second kappa shape index (κ2) is 2.63. The van der Waals surface area contributed by atoms with Gasteiger partial charge in [-0.2, -0.15) is 0 Å². The fourth-order valence-corrected chi connectivity index (χ4v) is 2.33. The summed E-state index contributed by atoms with van der Waals surface area (Å²) in [4.78, 5) is 0. The highest BCUT2D eigenvalue weighted by Gasteiger charge is 2.45. The number of rotatable bonds is 1. The SMILES string of the molecule is OC1(C2CC2)CCC(Cl)CC1. The Morgan fingerprint density at radius 3 is 2.09 bits per heavy atom. The molecule has 0 atom stereocenters. The summed E-state index contributed by atoms with van der Waals surface area (Å²) in [7, 11) is 0. The molecule has 0 spiro atoms. The standard InChI is InChI=1S/C9H15ClO/c10-8-3-5-9(11,6-4-8)7-1-2-7/h7-8,11H,1-6H2. The molecule has 0 aromatic carbocycles. The summed E-state index contributed by atoms with van der Waals surface area (Å²) in [6.45, 7) is 0. The molecule has 11 heavy (non-hydrogen) atoms. The predicted octanol–water partition coefficient (Wildman–Crippen LogP) is 2.31. The Hall–Kier alpha value is 0.250. The Kier molecular flexibility index (Phi) is 1.89. The zero-order chi connectivity index (χ0) is 7.90. The lowest BCUT2D eigenvalue weighted by Crippen LogP contribution is -2.36. The van der Waals surface area contributed by atoms with Gasteiger partial charge in [0.25, 0.3) is 0 Å². The van der Waals surface area contributed by atoms with Gasteiger partial charge in [-0.1, -0.05) is 0 Å². The topological polar surface area (TPSA) is 20.2 Å². The van der Waals surface area contributed by atoms with E-state index in [2.05, 4.69) is 0 Å². The van der Waals surface area contributed by atoms with Crippen LogP contribution < -0.4 is 0 Å². The van der Waals surface area contributed by atoms with E-state index < -0.39 is 0 Å². The highest BCUT2D eigenvalue weighted by molar-refractivity contribution is 6.20. The van der Waals surface area contributed by atoms with Gasteiger partial charge in [0.1, 0.15) is 0 Å². The number of halogens is 1. The molecule has 2 fully saturated rings. The third kappa shape index (κ3) is 1.54. The predicted molar refractivity (Wildman–Crippen MR) is 45.8 cm³/mol. The summed E-state index contributed by atoms with van der Waals surface area (Å²) in [5, 5.41) is 10.4. The lowest BCUT2D eigenvalue weighted by molar-refractivity contribution is -0.0158. The van der Waals surface area contributed by atoms with Crippen LogP contribution in [0.5, 0.6) is 0 Å². The molecule has 0 unspecified atom stereocenters. The minimum atomic E-state index is -0.314. The molecule has 0 heterocycles. The molecule has 0 radical (unpaired) electrons. The molecule has 2 aliphatic carbocycles. The number of alkyl halides is 1. The van der Waals surface area contributed by atoms with E-state index in [0.29, 0.717) is 11.3 Å². The third-order valence-corrected chi connectivity index (χ3v) is 3.55. The Labute approximate surface area is 72.7 Å². The first-order valence-electron chi connectivity index (χ1n) is 4.57. The maximum atomic E-state index is 10.1. The van der Waals surface area contributed by atoms with Crippen LogP contribution in [0.2, 0.25) is 0 Å². The van der Waals surface area contributed by atoms with Gasteiger partial charge in [0, 0.05) is 5.38 Å². The Bertz CT molecular complexity index is 146. The summed E-state index contributed by atoms with van der Waals surface area (Å²) in [6.07, 6.45) is 6.37. The molecule has 2 saturated carbocycles. The van der Waals surface area contributed by atoms with E-state index in [9.17, 15) is 5.11 Å². The van der Waals surface area contributed by atoms with Gasteiger partial charge >= 0.3 is 0 Å². The van der Waals surface area contributed by atoms with E-state index in [1.165, 1.54) is 12.8 Å². The van der Waals surface area contributed by atoms with Crippen LogP contribution in [0.1, 0.15) is 38.5 Å². The summed E-state index contributed by atoms with van der Waals surface area (Å²) in [5.74, 6) is 0.617. The lowest BCUT2D eigenvalue weighted by Gasteiger charge is -2.34. The summed E-state index contributed by atoms with van der Waals surface area (Å²) in [6, 6.07) is 0. The lowest BCUT2D eigenvalue weighted by atomic mass is 9.81. The first-order chi connectivity index (χ1) is 5.21. The molecule has 0 amide bonds. The number of aliphatic hydroxyl groups is 1. The molecule has 0 aliphatic heterocycles. The highest BCUT2D eigenvalue weighted by atomic mass is 35.5. The van der Waals surface area contributed by atoms with Gasteiger partial charge in [0.15, 0.2) is 0 Å². The first-order valence-corrected chi connectivity index (χ1v) is 5.01. The van der Waals surface area contributed by atoms with E-state index in [0.717, 1.165) is 25.7 Å². The normalized spacial score (nSPS) is 45.8. The largest absolute Gasteiger partial charge is 0.390 e. The van der Waals surface area contributed by atoms with Crippen molar-refractivity contribution in [3.8, 4) is 0 Å². The zero-order valence-electron chi connectivity index (χ0n) is 6.72. The van der Waals surface area contributed by atoms with Gasteiger partial charge < -0.3 is 5.11 Å². The maximum absolute atomic E-state index is 10.1. The molecular weight excluding hydrogens is 160 g/mol. The summed E-state index contributed by atoms with van der Waals surface area (Å²) < 4.78 is 0. The fourth-order valence-electron chi connectivity index (χ4n) is 2.11. The van der Waals surface area contributed by atoms with Gasteiger partial charge in [-0.15, -0.1) is 11.6 Å². The Morgan fingerprint density at radius 1 is 1.09 bits per heavy atom. The molecule has 2 rings (SSSR count). The summed E-state index contributed by atoms with van der Waals surface area (Å²) in [5.41, 5.74) is -0.314. The van der Waals surface area contributed by atoms with E-state index in [-0.39, 0.29) is 5.60 Å². The minimum absolute atomic E-state index is 0.314. The Morgan fingerprint density at radius 2 is 1.64 bits per heavy atom. The molecule has 1 nitrogen and oxygen atoms in total. The van der Waals surface area contributed by atoms with E-state index in [4.69, 9.17) is 11.6 Å². The van der Waals surface area contributed by atoms with E-state index in [1.807, 2.05) is 0 Å². The van der Waals surface area contributed by atoms with Crippen molar-refractivity contribution in [1.82, 2.24) is 0 Å². The zero-order valence-corrected chi connectivity index (χ0v) is 7.48. The van der Waals surface area contributed by atoms with Crippen molar-refractivity contribution >= 4 is 11.6 Å². The number of hydrogen-bond donors (Lipinski definition) is 1. The van der Waals surface area contributed by atoms with Crippen molar-refractivity contribution in [3.05, 3.63) is 0 Å². The van der Waals surface area contributed by atoms with Crippen molar-refractivity contribution in [2.75, 3.05) is 0 Å². The Balaban J connectivity index is 1.93. The summed E-state index contributed by atoms with van der Waals surface area (Å²) >= 11 is 5.96. The molecule has 0 aromatic heterocycles. The van der Waals surface area contributed by atoms with Crippen LogP contribution in [0.4, 0.5) is 0 Å². The molecule has 0 saturated heterocycles. The van der Waals surface area contributed by atoms with Crippen molar-refractivity contribution in [1.29, 1.82) is 0 Å². The number of hydrogen-bond acceptors (Lipinski definition) is 1. The molecule has 1 N–H and O–H groups in total. The minimum Gasteiger partial charge on any atom is -0.390 e. The molecular formula is C9H15ClO. The van der Waals surface area contributed by atoms with E-state index in [1.54, 1.807) is 0 Å². The molecule has 2 heteroatoms.